The van der Waals surface area contributed by atoms with Gasteiger partial charge in [0.15, 0.2) is 0 Å². The molecule has 1 aromatic rings. The monoisotopic (exact) mass is 337 g/mol. The molecule has 0 amide bonds. The number of aromatic hydroxyl groups is 1. The van der Waals surface area contributed by atoms with Crippen LogP contribution in [0.15, 0.2) is 12.1 Å². The van der Waals surface area contributed by atoms with Crippen molar-refractivity contribution in [1.82, 2.24) is 10.2 Å². The Morgan fingerprint density at radius 1 is 1.24 bits per heavy atom. The van der Waals surface area contributed by atoms with Gasteiger partial charge in [-0.3, -0.25) is 4.90 Å². The molecule has 1 aliphatic carbocycles. The Morgan fingerprint density at radius 3 is 2.43 bits per heavy atom. The molecule has 1 aromatic carbocycles. The van der Waals surface area contributed by atoms with Crippen LogP contribution in [0.25, 0.3) is 0 Å². The van der Waals surface area contributed by atoms with Gasteiger partial charge in [0.25, 0.3) is 0 Å². The summed E-state index contributed by atoms with van der Waals surface area (Å²) in [5.74, 6) is 0.202. The number of nitrogens with zero attached hydrogens (tertiary/aromatic N) is 1. The summed E-state index contributed by atoms with van der Waals surface area (Å²) >= 11 is 0. The van der Waals surface area contributed by atoms with Gasteiger partial charge in [-0.15, -0.1) is 24.8 Å². The topological polar surface area (TPSA) is 61.5 Å². The zero-order valence-electron chi connectivity index (χ0n) is 11.7. The normalized spacial score (nSPS) is 20.2. The maximum Gasteiger partial charge on any atom is 0.143 e. The van der Waals surface area contributed by atoms with Gasteiger partial charge in [0.05, 0.1) is 5.69 Å². The third-order valence-corrected chi connectivity index (χ3v) is 4.07. The lowest BCUT2D eigenvalue weighted by Gasteiger charge is -2.35. The molecule has 0 unspecified atom stereocenters. The van der Waals surface area contributed by atoms with Crippen LogP contribution in [0.2, 0.25) is 0 Å². The highest BCUT2D eigenvalue weighted by molar-refractivity contribution is 5.85. The lowest BCUT2D eigenvalue weighted by molar-refractivity contribution is 0.153. The van der Waals surface area contributed by atoms with Crippen LogP contribution < -0.4 is 11.1 Å². The summed E-state index contributed by atoms with van der Waals surface area (Å²) in [6.45, 7) is 3.73. The zero-order chi connectivity index (χ0) is 13.4. The first-order valence-electron chi connectivity index (χ1n) is 6.89. The molecule has 120 valence electrons. The number of benzene rings is 1. The number of anilines is 1. The molecule has 4 N–H and O–H groups in total. The van der Waals surface area contributed by atoms with Crippen molar-refractivity contribution in [3.05, 3.63) is 23.5 Å². The van der Waals surface area contributed by atoms with Crippen molar-refractivity contribution in [3.63, 3.8) is 0 Å². The van der Waals surface area contributed by atoms with E-state index in [2.05, 4.69) is 10.2 Å². The van der Waals surface area contributed by atoms with E-state index in [1.165, 1.54) is 12.1 Å². The number of nitrogens with one attached hydrogen (secondary N) is 1. The van der Waals surface area contributed by atoms with E-state index in [0.29, 0.717) is 11.5 Å². The van der Waals surface area contributed by atoms with Crippen LogP contribution in [0.3, 0.4) is 0 Å². The number of phenolic OH excluding ortho intramolecular Hbond substituents is 1. The number of hydrogen-bond acceptors (Lipinski definition) is 4. The number of nitrogens with two attached hydrogens (primary N) is 1. The summed E-state index contributed by atoms with van der Waals surface area (Å²) in [6, 6.07) is 2.72. The molecule has 2 fully saturated rings. The summed E-state index contributed by atoms with van der Waals surface area (Å²) in [4.78, 5) is 2.34. The molecule has 1 saturated carbocycles. The van der Waals surface area contributed by atoms with Crippen molar-refractivity contribution in [2.45, 2.75) is 18.9 Å². The standard InChI is InChI=1S/C14H20FN3O.2ClH/c15-10-7-11(14(19)12(16)8-10)13(9-1-2-9)18-5-3-17-4-6-18;;/h7-9,13,17,19H,1-6,16H2;2*1H/t13-;;/m0../s1. The highest BCUT2D eigenvalue weighted by Gasteiger charge is 2.38. The minimum atomic E-state index is -0.369. The van der Waals surface area contributed by atoms with Crippen LogP contribution >= 0.6 is 24.8 Å². The number of piperazine rings is 1. The Balaban J connectivity index is 0.00000110. The molecule has 1 heterocycles. The average molecular weight is 338 g/mol. The number of rotatable bonds is 3. The highest BCUT2D eigenvalue weighted by atomic mass is 35.5. The molecule has 1 aliphatic heterocycles. The van der Waals surface area contributed by atoms with Gasteiger partial charge in [0.1, 0.15) is 11.6 Å². The SMILES string of the molecule is Cl.Cl.Nc1cc(F)cc([C@H](C2CC2)N2CCNCC2)c1O. The molecule has 0 radical (unpaired) electrons. The van der Waals surface area contributed by atoms with Crippen molar-refractivity contribution in [2.75, 3.05) is 31.9 Å². The van der Waals surface area contributed by atoms with Gasteiger partial charge in [0, 0.05) is 43.9 Å². The van der Waals surface area contributed by atoms with Gasteiger partial charge in [-0.2, -0.15) is 0 Å². The maximum absolute atomic E-state index is 13.6. The molecule has 2 aliphatic rings. The quantitative estimate of drug-likeness (QED) is 0.585. The zero-order valence-corrected chi connectivity index (χ0v) is 13.4. The Hall–Kier alpha value is -0.750. The smallest absolute Gasteiger partial charge is 0.143 e. The Labute approximate surface area is 136 Å². The van der Waals surface area contributed by atoms with Gasteiger partial charge in [-0.1, -0.05) is 0 Å². The fourth-order valence-electron chi connectivity index (χ4n) is 2.99. The lowest BCUT2D eigenvalue weighted by atomic mass is 9.98. The predicted molar refractivity (Wildman–Crippen MR) is 86.9 cm³/mol. The van der Waals surface area contributed by atoms with Crippen LogP contribution in [0.1, 0.15) is 24.4 Å². The Kier molecular flexibility index (Phi) is 6.53. The number of nitrogen functional groups attached to an aromatic ring is 1. The van der Waals surface area contributed by atoms with Crippen molar-refractivity contribution in [1.29, 1.82) is 0 Å². The number of halogens is 3. The summed E-state index contributed by atoms with van der Waals surface area (Å²) in [6.07, 6.45) is 2.29. The van der Waals surface area contributed by atoms with Gasteiger partial charge < -0.3 is 16.2 Å². The largest absolute Gasteiger partial charge is 0.505 e. The van der Waals surface area contributed by atoms with E-state index in [4.69, 9.17) is 5.73 Å². The molecule has 0 bridgehead atoms. The molecule has 0 aromatic heterocycles. The second-order valence-electron chi connectivity index (χ2n) is 5.50. The third-order valence-electron chi connectivity index (χ3n) is 4.07. The molecular weight excluding hydrogens is 316 g/mol. The molecular formula is C14H22Cl2FN3O. The van der Waals surface area contributed by atoms with Crippen LogP contribution in [0, 0.1) is 11.7 Å². The van der Waals surface area contributed by atoms with E-state index >= 15 is 0 Å². The summed E-state index contributed by atoms with van der Waals surface area (Å²) in [5, 5.41) is 13.5. The van der Waals surface area contributed by atoms with E-state index in [1.807, 2.05) is 0 Å². The molecule has 3 rings (SSSR count). The highest BCUT2D eigenvalue weighted by Crippen LogP contribution is 2.48. The van der Waals surface area contributed by atoms with E-state index in [9.17, 15) is 9.50 Å². The fourth-order valence-corrected chi connectivity index (χ4v) is 2.99. The predicted octanol–water partition coefficient (Wildman–Crippen LogP) is 2.31. The van der Waals surface area contributed by atoms with Crippen LogP contribution in [0.5, 0.6) is 5.75 Å². The van der Waals surface area contributed by atoms with E-state index in [1.54, 1.807) is 0 Å². The first kappa shape index (κ1) is 18.3. The van der Waals surface area contributed by atoms with Gasteiger partial charge in [-0.25, -0.2) is 4.39 Å². The van der Waals surface area contributed by atoms with Crippen molar-refractivity contribution < 1.29 is 9.50 Å². The Bertz CT molecular complexity index is 480. The number of phenols is 1. The number of hydrogen-bond donors (Lipinski definition) is 3. The lowest BCUT2D eigenvalue weighted by Crippen LogP contribution is -2.45. The fraction of sp³-hybridized carbons (Fsp3) is 0.571. The van der Waals surface area contributed by atoms with Crippen LogP contribution in [-0.4, -0.2) is 36.2 Å². The van der Waals surface area contributed by atoms with Gasteiger partial charge >= 0.3 is 0 Å². The first-order valence-corrected chi connectivity index (χ1v) is 6.89. The second kappa shape index (κ2) is 7.49. The van der Waals surface area contributed by atoms with Crippen molar-refractivity contribution in [2.24, 2.45) is 5.92 Å². The minimum Gasteiger partial charge on any atom is -0.505 e. The Morgan fingerprint density at radius 2 is 1.86 bits per heavy atom. The molecule has 1 atom stereocenters. The van der Waals surface area contributed by atoms with E-state index < -0.39 is 0 Å². The molecule has 1 saturated heterocycles. The van der Waals surface area contributed by atoms with Gasteiger partial charge in [-0.05, 0) is 24.8 Å². The summed E-state index contributed by atoms with van der Waals surface area (Å²) < 4.78 is 13.6. The summed E-state index contributed by atoms with van der Waals surface area (Å²) in [7, 11) is 0. The molecule has 4 nitrogen and oxygen atoms in total. The van der Waals surface area contributed by atoms with Crippen LogP contribution in [-0.2, 0) is 0 Å². The second-order valence-corrected chi connectivity index (χ2v) is 5.50. The van der Waals surface area contributed by atoms with Crippen molar-refractivity contribution in [3.8, 4) is 5.75 Å². The molecule has 7 heteroatoms. The summed E-state index contributed by atoms with van der Waals surface area (Å²) in [5.41, 5.74) is 6.48. The van der Waals surface area contributed by atoms with Crippen LogP contribution in [0.4, 0.5) is 10.1 Å². The minimum absolute atomic E-state index is 0. The first-order chi connectivity index (χ1) is 9.16. The van der Waals surface area contributed by atoms with E-state index in [0.717, 1.165) is 39.0 Å². The van der Waals surface area contributed by atoms with Crippen molar-refractivity contribution >= 4 is 30.5 Å². The average Bonchev–Trinajstić information content (AvgIpc) is 3.21. The molecule has 21 heavy (non-hydrogen) atoms. The third kappa shape index (κ3) is 3.92. The van der Waals surface area contributed by atoms with E-state index in [-0.39, 0.29) is 48.1 Å². The maximum atomic E-state index is 13.6. The molecule has 0 spiro atoms. The van der Waals surface area contributed by atoms with Gasteiger partial charge in [0.2, 0.25) is 0 Å².